The average molecular weight is 420 g/mol. The van der Waals surface area contributed by atoms with E-state index in [1.807, 2.05) is 18.2 Å². The number of carbonyl (C=O) groups is 1. The maximum absolute atomic E-state index is 12.6. The molecule has 1 N–H and O–H groups in total. The van der Waals surface area contributed by atoms with Crippen molar-refractivity contribution in [3.05, 3.63) is 48.5 Å². The Balaban J connectivity index is 1.82. The van der Waals surface area contributed by atoms with Gasteiger partial charge in [0.05, 0.1) is 29.7 Å². The number of azo groups is 1. The van der Waals surface area contributed by atoms with E-state index in [1.54, 1.807) is 19.1 Å². The predicted octanol–water partition coefficient (Wildman–Crippen LogP) is 3.08. The molecule has 2 aromatic rings. The van der Waals surface area contributed by atoms with Gasteiger partial charge in [0.1, 0.15) is 17.2 Å². The Kier molecular flexibility index (Phi) is 5.68. The lowest BCUT2D eigenvalue weighted by molar-refractivity contribution is -0.117. The molecular formula is C17H16N4O5S2. The van der Waals surface area contributed by atoms with Crippen LogP contribution in [0.15, 0.2) is 63.9 Å². The van der Waals surface area contributed by atoms with Gasteiger partial charge in [-0.05, 0) is 31.2 Å². The summed E-state index contributed by atoms with van der Waals surface area (Å²) >= 11 is 4.30. The minimum atomic E-state index is -3.83. The predicted molar refractivity (Wildman–Crippen MR) is 107 cm³/mol. The van der Waals surface area contributed by atoms with E-state index in [4.69, 9.17) is 13.5 Å². The highest BCUT2D eigenvalue weighted by Gasteiger charge is 2.34. The van der Waals surface area contributed by atoms with Crippen LogP contribution in [-0.4, -0.2) is 33.5 Å². The van der Waals surface area contributed by atoms with Crippen LogP contribution in [0.2, 0.25) is 0 Å². The first-order valence-corrected chi connectivity index (χ1v) is 10.3. The van der Waals surface area contributed by atoms with Crippen molar-refractivity contribution in [2.24, 2.45) is 15.3 Å². The van der Waals surface area contributed by atoms with E-state index in [0.717, 1.165) is 0 Å². The fourth-order valence-corrected chi connectivity index (χ4v) is 3.06. The number of ether oxygens (including phenoxy) is 1. The Morgan fingerprint density at radius 3 is 2.61 bits per heavy atom. The van der Waals surface area contributed by atoms with Crippen LogP contribution in [0.25, 0.3) is 0 Å². The van der Waals surface area contributed by atoms with Crippen LogP contribution < -0.4 is 13.9 Å². The first-order valence-electron chi connectivity index (χ1n) is 7.98. The summed E-state index contributed by atoms with van der Waals surface area (Å²) in [5.41, 5.74) is 1.45. The van der Waals surface area contributed by atoms with Crippen molar-refractivity contribution in [1.29, 1.82) is 0 Å². The van der Waals surface area contributed by atoms with Gasteiger partial charge in [0.25, 0.3) is 5.91 Å². The molecule has 0 spiro atoms. The van der Waals surface area contributed by atoms with Crippen LogP contribution >= 0.6 is 0 Å². The second-order valence-electron chi connectivity index (χ2n) is 5.69. The maximum atomic E-state index is 12.6. The minimum absolute atomic E-state index is 0.0447. The van der Waals surface area contributed by atoms with E-state index in [9.17, 15) is 9.00 Å². The van der Waals surface area contributed by atoms with Crippen LogP contribution in [-0.2, 0) is 25.0 Å². The van der Waals surface area contributed by atoms with Crippen LogP contribution in [0.3, 0.4) is 0 Å². The molecule has 9 nitrogen and oxygen atoms in total. The topological polar surface area (TPSA) is 113 Å². The molecule has 2 aromatic carbocycles. The second-order valence-corrected chi connectivity index (χ2v) is 7.98. The van der Waals surface area contributed by atoms with Gasteiger partial charge in [0, 0.05) is 6.07 Å². The van der Waals surface area contributed by atoms with E-state index in [-0.39, 0.29) is 17.4 Å². The van der Waals surface area contributed by atoms with Crippen molar-refractivity contribution in [3.63, 3.8) is 0 Å². The largest absolute Gasteiger partial charge is 0.494 e. The van der Waals surface area contributed by atoms with E-state index in [1.165, 1.54) is 30.3 Å². The number of carbonyl (C=O) groups excluding carboxylic acids is 1. The van der Waals surface area contributed by atoms with Crippen molar-refractivity contribution in [3.8, 4) is 11.5 Å². The summed E-state index contributed by atoms with van der Waals surface area (Å²) in [4.78, 5) is 12.6. The summed E-state index contributed by atoms with van der Waals surface area (Å²) in [6.45, 7) is 1.69. The summed E-state index contributed by atoms with van der Waals surface area (Å²) in [6, 6.07) is 12.4. The zero-order valence-electron chi connectivity index (χ0n) is 14.9. The van der Waals surface area contributed by atoms with Crippen LogP contribution in [0.4, 0.5) is 11.4 Å². The Morgan fingerprint density at radius 2 is 1.96 bits per heavy atom. The number of methoxy groups -OCH3 is 1. The molecule has 0 saturated carbocycles. The van der Waals surface area contributed by atoms with Gasteiger partial charge < -0.3 is 8.92 Å². The number of hydrazone groups is 1. The second kappa shape index (κ2) is 8.00. The number of nitrogens with zero attached hydrogens (tertiary/aromatic N) is 4. The lowest BCUT2D eigenvalue weighted by Crippen LogP contribution is -2.29. The smallest absolute Gasteiger partial charge is 0.311 e. The van der Waals surface area contributed by atoms with Crippen molar-refractivity contribution in [1.82, 2.24) is 0 Å². The Labute approximate surface area is 166 Å². The quantitative estimate of drug-likeness (QED) is 0.719. The van der Waals surface area contributed by atoms with Gasteiger partial charge in [-0.2, -0.15) is 24.5 Å². The summed E-state index contributed by atoms with van der Waals surface area (Å²) in [7, 11) is -2.43. The zero-order chi connectivity index (χ0) is 20.3. The molecule has 11 heteroatoms. The number of rotatable bonds is 6. The monoisotopic (exact) mass is 420 g/mol. The molecule has 0 fully saturated rings. The molecule has 1 heterocycles. The number of para-hydroxylation sites is 1. The number of amides is 1. The molecule has 2 unspecified atom stereocenters. The first kappa shape index (κ1) is 19.9. The fraction of sp³-hybridized carbons (Fsp3) is 0.176. The van der Waals surface area contributed by atoms with Crippen molar-refractivity contribution in [2.75, 3.05) is 12.1 Å². The Bertz CT molecular complexity index is 1050. The molecule has 146 valence electrons. The lowest BCUT2D eigenvalue weighted by atomic mass is 10.2. The zero-order valence-corrected chi connectivity index (χ0v) is 16.5. The number of hydrogen-bond acceptors (Lipinski definition) is 8. The van der Waals surface area contributed by atoms with Crippen LogP contribution in [0.5, 0.6) is 11.5 Å². The molecule has 3 rings (SSSR count). The highest BCUT2D eigenvalue weighted by atomic mass is 32.9. The Morgan fingerprint density at radius 1 is 1.25 bits per heavy atom. The average Bonchev–Trinajstić information content (AvgIpc) is 2.94. The van der Waals surface area contributed by atoms with Gasteiger partial charge in [0.15, 0.2) is 6.04 Å². The molecule has 1 aliphatic heterocycles. The summed E-state index contributed by atoms with van der Waals surface area (Å²) in [5, 5.41) is 13.7. The van der Waals surface area contributed by atoms with Gasteiger partial charge in [-0.15, -0.1) is 0 Å². The normalized spacial score (nSPS) is 18.8. The highest BCUT2D eigenvalue weighted by Crippen LogP contribution is 2.33. The van der Waals surface area contributed by atoms with Gasteiger partial charge in [-0.1, -0.05) is 18.2 Å². The van der Waals surface area contributed by atoms with E-state index in [2.05, 4.69) is 26.5 Å². The third-order valence-electron chi connectivity index (χ3n) is 3.73. The summed E-state index contributed by atoms with van der Waals surface area (Å²) in [5.74, 6) is -0.0411. The van der Waals surface area contributed by atoms with Crippen LogP contribution in [0, 0.1) is 0 Å². The van der Waals surface area contributed by atoms with Crippen LogP contribution in [0.1, 0.15) is 6.92 Å². The van der Waals surface area contributed by atoms with Gasteiger partial charge in [-0.3, -0.25) is 9.35 Å². The molecule has 28 heavy (non-hydrogen) atoms. The fourth-order valence-electron chi connectivity index (χ4n) is 2.48. The molecule has 0 radical (unpaired) electrons. The van der Waals surface area contributed by atoms with Crippen molar-refractivity contribution >= 4 is 43.2 Å². The van der Waals surface area contributed by atoms with E-state index >= 15 is 0 Å². The van der Waals surface area contributed by atoms with E-state index < -0.39 is 15.1 Å². The van der Waals surface area contributed by atoms with Crippen molar-refractivity contribution in [2.45, 2.75) is 13.0 Å². The van der Waals surface area contributed by atoms with Gasteiger partial charge in [-0.25, -0.2) is 0 Å². The van der Waals surface area contributed by atoms with Gasteiger partial charge >= 0.3 is 9.05 Å². The maximum Gasteiger partial charge on any atom is 0.311 e. The molecular weight excluding hydrogens is 404 g/mol. The SMILES string of the molecule is COc1cc(OS(=O)(O)=S)ccc1N=NC1C(=O)N(c2ccccc2)N=C1C. The molecule has 0 aromatic heterocycles. The molecule has 2 atom stereocenters. The van der Waals surface area contributed by atoms with E-state index in [0.29, 0.717) is 17.1 Å². The minimum Gasteiger partial charge on any atom is -0.494 e. The molecule has 0 saturated heterocycles. The highest BCUT2D eigenvalue weighted by molar-refractivity contribution is 8.27. The van der Waals surface area contributed by atoms with Crippen molar-refractivity contribution < 1.29 is 22.5 Å². The third kappa shape index (κ3) is 4.50. The molecule has 1 aliphatic rings. The molecule has 1 amide bonds. The molecule has 0 aliphatic carbocycles. The number of anilines is 1. The lowest BCUT2D eigenvalue weighted by Gasteiger charge is -2.12. The number of hydrogen-bond donors (Lipinski definition) is 1. The molecule has 0 bridgehead atoms. The summed E-state index contributed by atoms with van der Waals surface area (Å²) in [6.07, 6.45) is 0. The summed E-state index contributed by atoms with van der Waals surface area (Å²) < 4.78 is 30.2. The Hall–Kier alpha value is -2.89. The standard InChI is InChI=1S/C17H16N4O5S2/c1-11-16(17(22)21(20-11)12-6-4-3-5-7-12)19-18-14-9-8-13(10-15(14)25-2)26-28(23,24)27/h3-10,16H,1-2H3,(H,23,24,27). The van der Waals surface area contributed by atoms with Gasteiger partial charge in [0.2, 0.25) is 0 Å². The number of benzene rings is 2. The third-order valence-corrected chi connectivity index (χ3v) is 4.34. The first-order chi connectivity index (χ1) is 13.3.